The third kappa shape index (κ3) is 4.16. The number of benzene rings is 2. The molecule has 0 radical (unpaired) electrons. The average Bonchev–Trinajstić information content (AvgIpc) is 3.43. The minimum absolute atomic E-state index is 0.0390. The van der Waals surface area contributed by atoms with E-state index in [1.165, 1.54) is 24.3 Å². The Bertz CT molecular complexity index is 998. The van der Waals surface area contributed by atoms with E-state index in [1.54, 1.807) is 24.3 Å². The van der Waals surface area contributed by atoms with Gasteiger partial charge in [-0.25, -0.2) is 0 Å². The standard InChI is InChI=1S/C22H18Cl2F3NO2/c23-17-9-16(10-18(24)11-17)21(22(25,26)27)12-15-8-13(3-6-19(15)30-21)2-1-7-28-20(29)14-4-5-14/h1-3,6,8-11,14H,4-5,7,12H2,(H,28,29)/b2-1+. The zero-order valence-corrected chi connectivity index (χ0v) is 17.2. The third-order valence-electron chi connectivity index (χ3n) is 5.25. The van der Waals surface area contributed by atoms with Crippen molar-refractivity contribution < 1.29 is 22.7 Å². The van der Waals surface area contributed by atoms with Crippen LogP contribution in [0.25, 0.3) is 6.08 Å². The van der Waals surface area contributed by atoms with Crippen LogP contribution in [0, 0.1) is 5.92 Å². The first kappa shape index (κ1) is 21.1. The van der Waals surface area contributed by atoms with Gasteiger partial charge in [0.05, 0.1) is 0 Å². The number of nitrogens with one attached hydrogen (secondary N) is 1. The molecule has 1 fully saturated rings. The number of fused-ring (bicyclic) bond motifs is 1. The number of carbonyl (C=O) groups excluding carboxylic acids is 1. The molecule has 2 aromatic carbocycles. The molecule has 2 aromatic rings. The number of hydrogen-bond donors (Lipinski definition) is 1. The van der Waals surface area contributed by atoms with E-state index in [1.807, 2.05) is 0 Å². The average molecular weight is 456 g/mol. The highest BCUT2D eigenvalue weighted by Crippen LogP contribution is 2.51. The summed E-state index contributed by atoms with van der Waals surface area (Å²) in [7, 11) is 0. The highest BCUT2D eigenvalue weighted by molar-refractivity contribution is 6.34. The lowest BCUT2D eigenvalue weighted by Gasteiger charge is -2.31. The summed E-state index contributed by atoms with van der Waals surface area (Å²) in [6, 6.07) is 8.71. The lowest BCUT2D eigenvalue weighted by Crippen LogP contribution is -2.46. The van der Waals surface area contributed by atoms with Gasteiger partial charge in [-0.3, -0.25) is 4.79 Å². The predicted molar refractivity (Wildman–Crippen MR) is 110 cm³/mol. The molecule has 0 bridgehead atoms. The number of ether oxygens (including phenoxy) is 1. The SMILES string of the molecule is O=C(NC/C=C/c1ccc2c(c1)CC(c1cc(Cl)cc(Cl)c1)(C(F)(F)F)O2)C1CC1. The molecule has 1 heterocycles. The van der Waals surface area contributed by atoms with Crippen LogP contribution in [0.5, 0.6) is 5.75 Å². The van der Waals surface area contributed by atoms with Crippen LogP contribution in [0.3, 0.4) is 0 Å². The van der Waals surface area contributed by atoms with Gasteiger partial charge < -0.3 is 10.1 Å². The molecule has 0 saturated heterocycles. The number of carbonyl (C=O) groups is 1. The van der Waals surface area contributed by atoms with Crippen molar-refractivity contribution in [2.75, 3.05) is 6.54 Å². The van der Waals surface area contributed by atoms with E-state index >= 15 is 0 Å². The largest absolute Gasteiger partial charge is 0.472 e. The van der Waals surface area contributed by atoms with Gasteiger partial charge in [-0.15, -0.1) is 0 Å². The molecule has 1 saturated carbocycles. The smallest absolute Gasteiger partial charge is 0.432 e. The van der Waals surface area contributed by atoms with Crippen LogP contribution in [-0.4, -0.2) is 18.6 Å². The van der Waals surface area contributed by atoms with Gasteiger partial charge in [-0.2, -0.15) is 13.2 Å². The first-order chi connectivity index (χ1) is 14.2. The van der Waals surface area contributed by atoms with Crippen molar-refractivity contribution in [3.63, 3.8) is 0 Å². The summed E-state index contributed by atoms with van der Waals surface area (Å²) in [5.74, 6) is 0.339. The molecule has 1 aliphatic heterocycles. The van der Waals surface area contributed by atoms with Crippen LogP contribution in [-0.2, 0) is 16.8 Å². The second-order valence-corrected chi connectivity index (χ2v) is 8.42. The molecule has 30 heavy (non-hydrogen) atoms. The summed E-state index contributed by atoms with van der Waals surface area (Å²) in [5.41, 5.74) is -1.53. The molecular formula is C22H18Cl2F3NO2. The summed E-state index contributed by atoms with van der Waals surface area (Å²) in [4.78, 5) is 11.6. The van der Waals surface area contributed by atoms with Gasteiger partial charge in [0.1, 0.15) is 5.75 Å². The fourth-order valence-corrected chi connectivity index (χ4v) is 4.07. The Hall–Kier alpha value is -2.18. The molecule has 3 nitrogen and oxygen atoms in total. The van der Waals surface area contributed by atoms with Gasteiger partial charge in [0.2, 0.25) is 11.5 Å². The zero-order valence-electron chi connectivity index (χ0n) is 15.7. The number of rotatable bonds is 5. The van der Waals surface area contributed by atoms with E-state index in [9.17, 15) is 18.0 Å². The van der Waals surface area contributed by atoms with Crippen molar-refractivity contribution in [3.8, 4) is 5.75 Å². The lowest BCUT2D eigenvalue weighted by molar-refractivity contribution is -0.248. The Morgan fingerprint density at radius 2 is 1.87 bits per heavy atom. The van der Waals surface area contributed by atoms with Crippen LogP contribution in [0.15, 0.2) is 42.5 Å². The van der Waals surface area contributed by atoms with Crippen molar-refractivity contribution in [2.24, 2.45) is 5.92 Å². The molecule has 1 aliphatic carbocycles. The van der Waals surface area contributed by atoms with Gasteiger partial charge in [-0.1, -0.05) is 41.4 Å². The van der Waals surface area contributed by atoms with Crippen molar-refractivity contribution in [1.29, 1.82) is 0 Å². The molecule has 1 N–H and O–H groups in total. The summed E-state index contributed by atoms with van der Waals surface area (Å²) in [5, 5.41) is 3.03. The van der Waals surface area contributed by atoms with Crippen molar-refractivity contribution in [3.05, 3.63) is 69.2 Å². The normalized spacial score (nSPS) is 20.8. The molecule has 0 spiro atoms. The Balaban J connectivity index is 1.56. The van der Waals surface area contributed by atoms with Crippen molar-refractivity contribution in [1.82, 2.24) is 5.32 Å². The number of halogens is 5. The zero-order chi connectivity index (χ0) is 21.5. The molecular weight excluding hydrogens is 438 g/mol. The summed E-state index contributed by atoms with van der Waals surface area (Å²) < 4.78 is 48.0. The van der Waals surface area contributed by atoms with Crippen LogP contribution < -0.4 is 10.1 Å². The minimum atomic E-state index is -4.68. The fraction of sp³-hybridized carbons (Fsp3) is 0.318. The first-order valence-corrected chi connectivity index (χ1v) is 10.2. The van der Waals surface area contributed by atoms with Gasteiger partial charge in [0.15, 0.2) is 0 Å². The predicted octanol–water partition coefficient (Wildman–Crippen LogP) is 5.93. The fourth-order valence-electron chi connectivity index (χ4n) is 3.55. The number of amides is 1. The topological polar surface area (TPSA) is 38.3 Å². The van der Waals surface area contributed by atoms with Gasteiger partial charge in [-0.05, 0) is 54.3 Å². The number of alkyl halides is 3. The van der Waals surface area contributed by atoms with Crippen LogP contribution in [0.2, 0.25) is 10.0 Å². The molecule has 158 valence electrons. The molecule has 2 aliphatic rings. The van der Waals surface area contributed by atoms with E-state index < -0.39 is 11.8 Å². The maximum atomic E-state index is 14.2. The summed E-state index contributed by atoms with van der Waals surface area (Å²) in [6.45, 7) is 0.371. The molecule has 8 heteroatoms. The van der Waals surface area contributed by atoms with Crippen LogP contribution in [0.1, 0.15) is 29.5 Å². The monoisotopic (exact) mass is 455 g/mol. The van der Waals surface area contributed by atoms with Crippen molar-refractivity contribution in [2.45, 2.75) is 31.0 Å². The molecule has 1 amide bonds. The van der Waals surface area contributed by atoms with Gasteiger partial charge in [0.25, 0.3) is 0 Å². The summed E-state index contributed by atoms with van der Waals surface area (Å²) >= 11 is 11.9. The maximum absolute atomic E-state index is 14.2. The minimum Gasteiger partial charge on any atom is -0.472 e. The highest BCUT2D eigenvalue weighted by Gasteiger charge is 2.61. The second-order valence-electron chi connectivity index (χ2n) is 7.55. The molecule has 1 unspecified atom stereocenters. The van der Waals surface area contributed by atoms with E-state index in [0.717, 1.165) is 18.4 Å². The molecule has 1 atom stereocenters. The van der Waals surface area contributed by atoms with Gasteiger partial charge >= 0.3 is 6.18 Å². The first-order valence-electron chi connectivity index (χ1n) is 9.47. The Kier molecular flexibility index (Phi) is 5.49. The number of hydrogen-bond acceptors (Lipinski definition) is 2. The van der Waals surface area contributed by atoms with Crippen molar-refractivity contribution >= 4 is 35.2 Å². The van der Waals surface area contributed by atoms with E-state index in [2.05, 4.69) is 5.32 Å². The van der Waals surface area contributed by atoms with E-state index in [0.29, 0.717) is 12.1 Å². The lowest BCUT2D eigenvalue weighted by atomic mass is 9.88. The highest BCUT2D eigenvalue weighted by atomic mass is 35.5. The Morgan fingerprint density at radius 1 is 1.17 bits per heavy atom. The summed E-state index contributed by atoms with van der Waals surface area (Å²) in [6.07, 6.45) is 0.326. The molecule has 4 rings (SSSR count). The van der Waals surface area contributed by atoms with Crippen LogP contribution in [0.4, 0.5) is 13.2 Å². The Morgan fingerprint density at radius 3 is 2.50 bits per heavy atom. The van der Waals surface area contributed by atoms with Gasteiger partial charge in [0, 0.05) is 34.5 Å². The third-order valence-corrected chi connectivity index (χ3v) is 5.68. The second kappa shape index (κ2) is 7.82. The van der Waals surface area contributed by atoms with E-state index in [4.69, 9.17) is 27.9 Å². The maximum Gasteiger partial charge on any atom is 0.432 e. The van der Waals surface area contributed by atoms with E-state index in [-0.39, 0.29) is 39.6 Å². The molecule has 0 aromatic heterocycles. The van der Waals surface area contributed by atoms with Crippen LogP contribution >= 0.6 is 23.2 Å². The quantitative estimate of drug-likeness (QED) is 0.606. The Labute approximate surface area is 181 Å².